The van der Waals surface area contributed by atoms with Gasteiger partial charge in [-0.05, 0) is 115 Å². The van der Waals surface area contributed by atoms with Gasteiger partial charge in [0.05, 0.1) is 22.1 Å². The molecule has 0 N–H and O–H groups in total. The van der Waals surface area contributed by atoms with Gasteiger partial charge >= 0.3 is 11.4 Å². The number of aromatic nitrogens is 4. The maximum atomic E-state index is 14.6. The number of para-hydroxylation sites is 3. The number of furan rings is 1. The molecule has 7 nitrogen and oxygen atoms in total. The number of hydrogen-bond acceptors (Lipinski definition) is 4. The van der Waals surface area contributed by atoms with E-state index in [2.05, 4.69) is 108 Å². The van der Waals surface area contributed by atoms with Crippen LogP contribution < -0.4 is 11.4 Å². The molecule has 0 aliphatic carbocycles. The highest BCUT2D eigenvalue weighted by Crippen LogP contribution is 2.39. The van der Waals surface area contributed by atoms with Gasteiger partial charge in [0.2, 0.25) is 5.78 Å². The van der Waals surface area contributed by atoms with Crippen LogP contribution in [-0.2, 0) is 0 Å². The average molecular weight is 747 g/mol. The zero-order valence-electron chi connectivity index (χ0n) is 30.8. The summed E-state index contributed by atoms with van der Waals surface area (Å²) in [6.45, 7) is 0. The number of hydrogen-bond donors (Lipinski definition) is 0. The number of nitrogens with zero attached hydrogens (tertiary/aromatic N) is 4. The van der Waals surface area contributed by atoms with E-state index < -0.39 is 11.4 Å². The van der Waals surface area contributed by atoms with Crippen molar-refractivity contribution in [1.82, 2.24) is 18.5 Å². The van der Waals surface area contributed by atoms with Gasteiger partial charge in [0.15, 0.2) is 0 Å². The van der Waals surface area contributed by atoms with Crippen LogP contribution in [0.3, 0.4) is 0 Å². The first-order valence-corrected chi connectivity index (χ1v) is 19.2. The molecule has 0 atom stereocenters. The third kappa shape index (κ3) is 4.64. The molecule has 0 spiro atoms. The summed E-state index contributed by atoms with van der Waals surface area (Å²) in [7, 11) is 0. The van der Waals surface area contributed by atoms with Gasteiger partial charge in [0.1, 0.15) is 11.2 Å². The molecule has 9 aromatic carbocycles. The van der Waals surface area contributed by atoms with E-state index in [-0.39, 0.29) is 5.78 Å². The second-order valence-electron chi connectivity index (χ2n) is 14.7. The Morgan fingerprint density at radius 2 is 0.983 bits per heavy atom. The number of benzene rings is 9. The minimum absolute atomic E-state index is 0.248. The van der Waals surface area contributed by atoms with Crippen molar-refractivity contribution in [3.63, 3.8) is 0 Å². The van der Waals surface area contributed by atoms with Gasteiger partial charge in [-0.1, -0.05) is 121 Å². The van der Waals surface area contributed by atoms with Crippen LogP contribution in [-0.4, -0.2) is 18.5 Å². The normalized spacial score (nSPS) is 11.9. The summed E-state index contributed by atoms with van der Waals surface area (Å²) in [6.07, 6.45) is 0. The lowest BCUT2D eigenvalue weighted by Crippen LogP contribution is -2.38. The van der Waals surface area contributed by atoms with Crippen molar-refractivity contribution >= 4 is 71.1 Å². The molecule has 58 heavy (non-hydrogen) atoms. The smallest absolute Gasteiger partial charge is 0.359 e. The van der Waals surface area contributed by atoms with E-state index in [4.69, 9.17) is 4.42 Å². The molecule has 3 heterocycles. The molecule has 7 heteroatoms. The molecule has 0 saturated heterocycles. The van der Waals surface area contributed by atoms with Gasteiger partial charge < -0.3 is 4.42 Å². The fourth-order valence-corrected chi connectivity index (χ4v) is 8.94. The van der Waals surface area contributed by atoms with E-state index in [0.717, 1.165) is 43.4 Å². The van der Waals surface area contributed by atoms with Gasteiger partial charge in [-0.25, -0.2) is 18.6 Å². The van der Waals surface area contributed by atoms with E-state index in [1.165, 1.54) is 36.7 Å². The van der Waals surface area contributed by atoms with Crippen LogP contribution in [0.5, 0.6) is 0 Å². The Kier molecular flexibility index (Phi) is 6.80. The number of imidazole rings is 1. The van der Waals surface area contributed by atoms with Crippen LogP contribution in [0.15, 0.2) is 196 Å². The molecule has 0 amide bonds. The molecule has 0 fully saturated rings. The van der Waals surface area contributed by atoms with Gasteiger partial charge in [-0.2, -0.15) is 4.98 Å². The van der Waals surface area contributed by atoms with Crippen LogP contribution >= 0.6 is 0 Å². The van der Waals surface area contributed by atoms with Crippen molar-refractivity contribution in [2.24, 2.45) is 0 Å². The minimum atomic E-state index is -0.674. The quantitative estimate of drug-likeness (QED) is 0.168. The lowest BCUT2D eigenvalue weighted by molar-refractivity contribution is 0.668. The molecule has 272 valence electrons. The third-order valence-corrected chi connectivity index (χ3v) is 11.5. The highest BCUT2D eigenvalue weighted by atomic mass is 16.3. The van der Waals surface area contributed by atoms with Crippen molar-refractivity contribution in [2.45, 2.75) is 0 Å². The summed E-state index contributed by atoms with van der Waals surface area (Å²) in [6, 6.07) is 61.3. The Morgan fingerprint density at radius 1 is 0.414 bits per heavy atom. The second-order valence-corrected chi connectivity index (χ2v) is 14.7. The molecule has 0 radical (unpaired) electrons. The monoisotopic (exact) mass is 746 g/mol. The summed E-state index contributed by atoms with van der Waals surface area (Å²) >= 11 is 0. The molecule has 12 aromatic rings. The van der Waals surface area contributed by atoms with Crippen LogP contribution in [0, 0.1) is 0 Å². The molecule has 3 aromatic heterocycles. The molecular formula is C51H30N4O3. The van der Waals surface area contributed by atoms with Crippen molar-refractivity contribution in [1.29, 1.82) is 0 Å². The molecule has 0 aliphatic rings. The van der Waals surface area contributed by atoms with Crippen molar-refractivity contribution in [3.8, 4) is 33.6 Å². The maximum Gasteiger partial charge on any atom is 0.359 e. The Labute approximate surface area is 329 Å². The van der Waals surface area contributed by atoms with Crippen LogP contribution in [0.1, 0.15) is 0 Å². The van der Waals surface area contributed by atoms with E-state index in [0.29, 0.717) is 27.8 Å². The van der Waals surface area contributed by atoms with E-state index in [1.54, 1.807) is 12.1 Å². The predicted octanol–water partition coefficient (Wildman–Crippen LogP) is 11.5. The first-order valence-electron chi connectivity index (χ1n) is 19.2. The van der Waals surface area contributed by atoms with E-state index in [1.807, 2.05) is 71.3 Å². The van der Waals surface area contributed by atoms with E-state index in [9.17, 15) is 9.59 Å². The predicted molar refractivity (Wildman–Crippen MR) is 235 cm³/mol. The van der Waals surface area contributed by atoms with Crippen LogP contribution in [0.4, 0.5) is 0 Å². The Hall–Kier alpha value is -8.03. The van der Waals surface area contributed by atoms with Crippen LogP contribution in [0.25, 0.3) is 105 Å². The van der Waals surface area contributed by atoms with Crippen molar-refractivity contribution in [3.05, 3.63) is 203 Å². The van der Waals surface area contributed by atoms with Gasteiger partial charge in [-0.3, -0.25) is 4.57 Å². The third-order valence-electron chi connectivity index (χ3n) is 11.5. The Balaban J connectivity index is 1.02. The minimum Gasteiger partial charge on any atom is -0.456 e. The Morgan fingerprint density at radius 3 is 1.71 bits per heavy atom. The van der Waals surface area contributed by atoms with Gasteiger partial charge in [-0.15, -0.1) is 0 Å². The lowest BCUT2D eigenvalue weighted by Gasteiger charge is -2.12. The van der Waals surface area contributed by atoms with E-state index >= 15 is 0 Å². The van der Waals surface area contributed by atoms with Gasteiger partial charge in [0, 0.05) is 11.1 Å². The molecular weight excluding hydrogens is 717 g/mol. The lowest BCUT2D eigenvalue weighted by atomic mass is 9.91. The summed E-state index contributed by atoms with van der Waals surface area (Å²) in [4.78, 5) is 33.3. The summed E-state index contributed by atoms with van der Waals surface area (Å²) in [5.74, 6) is 0.248. The largest absolute Gasteiger partial charge is 0.456 e. The summed E-state index contributed by atoms with van der Waals surface area (Å²) in [5.41, 5.74) is 6.89. The maximum absolute atomic E-state index is 14.6. The highest BCUT2D eigenvalue weighted by Gasteiger charge is 2.22. The van der Waals surface area contributed by atoms with Gasteiger partial charge in [0.25, 0.3) is 0 Å². The summed E-state index contributed by atoms with van der Waals surface area (Å²) < 4.78 is 10.9. The molecule has 12 rings (SSSR count). The molecule has 0 unspecified atom stereocenters. The molecule has 0 bridgehead atoms. The topological polar surface area (TPSA) is 74.4 Å². The second kappa shape index (κ2) is 12.2. The SMILES string of the molecule is O=c1nc2n(-c3ccccc3)c3ccccc3n2c(=O)n1-c1cccc2oc3ccc(-c4cccc(-c5ccc6c7ccccc7c7ccccc7c6c5)c4)cc3c12. The number of fused-ring (bicyclic) bond motifs is 12. The molecule has 0 aliphatic heterocycles. The summed E-state index contributed by atoms with van der Waals surface area (Å²) in [5, 5.41) is 8.90. The fraction of sp³-hybridized carbons (Fsp3) is 0. The zero-order valence-corrected chi connectivity index (χ0v) is 30.8. The van der Waals surface area contributed by atoms with Crippen molar-refractivity contribution in [2.75, 3.05) is 0 Å². The highest BCUT2D eigenvalue weighted by molar-refractivity contribution is 6.25. The van der Waals surface area contributed by atoms with Crippen molar-refractivity contribution < 1.29 is 4.42 Å². The first-order chi connectivity index (χ1) is 28.6. The number of rotatable bonds is 4. The molecule has 0 saturated carbocycles. The first kappa shape index (κ1) is 32.2. The zero-order chi connectivity index (χ0) is 38.5. The standard InChI is InChI=1S/C51H30N4O3/c56-50-52-49-53(35-14-2-1-3-15-35)43-20-8-9-21-44(43)54(49)51(57)55(50)45-22-11-23-47-48(45)42-30-34(25-27-46(42)58-47)32-13-10-12-31(28-32)33-24-26-40-38-18-5-4-16-36(38)37-17-6-7-19-39(37)41(40)29-33/h1-30H. The van der Waals surface area contributed by atoms with Crippen LogP contribution in [0.2, 0.25) is 0 Å². The Bertz CT molecular complexity index is 3760. The fourth-order valence-electron chi connectivity index (χ4n) is 8.94. The average Bonchev–Trinajstić information content (AvgIpc) is 3.82.